The Morgan fingerprint density at radius 2 is 2.17 bits per heavy atom. The van der Waals surface area contributed by atoms with Gasteiger partial charge in [0, 0.05) is 7.05 Å². The van der Waals surface area contributed by atoms with Crippen LogP contribution in [0.15, 0.2) is 0 Å². The topological polar surface area (TPSA) is 87.7 Å². The van der Waals surface area contributed by atoms with Crippen molar-refractivity contribution in [3.05, 3.63) is 0 Å². The predicted octanol–water partition coefficient (Wildman–Crippen LogP) is -1.55. The van der Waals surface area contributed by atoms with Crippen LogP contribution in [-0.4, -0.2) is 43.9 Å². The number of carbonyl (C=O) groups excluding carboxylic acids is 2. The van der Waals surface area contributed by atoms with Gasteiger partial charge in [0.2, 0.25) is 0 Å². The van der Waals surface area contributed by atoms with Gasteiger partial charge >= 0.3 is 12.0 Å². The van der Waals surface area contributed by atoms with Gasteiger partial charge in [-0.05, 0) is 0 Å². The number of ether oxygens (including phenoxy) is 1. The van der Waals surface area contributed by atoms with Crippen molar-refractivity contribution in [2.24, 2.45) is 0 Å². The van der Waals surface area contributed by atoms with E-state index in [2.05, 4.69) is 15.4 Å². The van der Waals surface area contributed by atoms with Crippen molar-refractivity contribution in [2.75, 3.05) is 20.8 Å². The van der Waals surface area contributed by atoms with Gasteiger partial charge in [-0.2, -0.15) is 0 Å². The van der Waals surface area contributed by atoms with Crippen LogP contribution in [0.3, 0.4) is 0 Å². The number of methoxy groups -OCH3 is 1. The van der Waals surface area contributed by atoms with E-state index in [4.69, 9.17) is 5.11 Å². The molecule has 0 aliphatic rings. The lowest BCUT2D eigenvalue weighted by Crippen LogP contribution is -2.47. The Bertz CT molecular complexity index is 171. The summed E-state index contributed by atoms with van der Waals surface area (Å²) in [6, 6.07) is -1.55. The van der Waals surface area contributed by atoms with Crippen LogP contribution < -0.4 is 10.6 Å². The maximum absolute atomic E-state index is 10.8. The number of aliphatic hydroxyl groups excluding tert-OH is 1. The zero-order chi connectivity index (χ0) is 9.56. The first-order valence-electron chi connectivity index (χ1n) is 3.32. The van der Waals surface area contributed by atoms with E-state index in [1.165, 1.54) is 14.2 Å². The molecule has 6 heteroatoms. The molecule has 0 saturated carbocycles. The van der Waals surface area contributed by atoms with Crippen molar-refractivity contribution in [3.63, 3.8) is 0 Å². The van der Waals surface area contributed by atoms with Crippen molar-refractivity contribution in [1.82, 2.24) is 10.6 Å². The van der Waals surface area contributed by atoms with Crippen molar-refractivity contribution in [1.29, 1.82) is 0 Å². The molecular formula is C6H12N2O4. The number of nitrogens with one attached hydrogen (secondary N) is 2. The molecule has 0 aromatic carbocycles. The zero-order valence-corrected chi connectivity index (χ0v) is 6.96. The average molecular weight is 176 g/mol. The smallest absolute Gasteiger partial charge is 0.330 e. The summed E-state index contributed by atoms with van der Waals surface area (Å²) in [5.74, 6) is -0.680. The third-order valence-electron chi connectivity index (χ3n) is 1.20. The Labute approximate surface area is 69.9 Å². The van der Waals surface area contributed by atoms with Crippen molar-refractivity contribution in [2.45, 2.75) is 6.04 Å². The summed E-state index contributed by atoms with van der Waals surface area (Å²) in [5.41, 5.74) is 0. The minimum atomic E-state index is -1.00. The molecule has 0 fully saturated rings. The number of rotatable bonds is 3. The van der Waals surface area contributed by atoms with Crippen LogP contribution in [0.4, 0.5) is 4.79 Å². The van der Waals surface area contributed by atoms with Crippen molar-refractivity contribution in [3.8, 4) is 0 Å². The lowest BCUT2D eigenvalue weighted by molar-refractivity contribution is -0.143. The van der Waals surface area contributed by atoms with E-state index in [0.29, 0.717) is 0 Å². The van der Waals surface area contributed by atoms with Gasteiger partial charge in [0.05, 0.1) is 13.7 Å². The highest BCUT2D eigenvalue weighted by Crippen LogP contribution is 1.85. The van der Waals surface area contributed by atoms with E-state index in [-0.39, 0.29) is 0 Å². The minimum absolute atomic E-state index is 0.486. The van der Waals surface area contributed by atoms with Crippen LogP contribution in [0, 0.1) is 0 Å². The van der Waals surface area contributed by atoms with E-state index < -0.39 is 24.6 Å². The standard InChI is InChI=1S/C6H12N2O4/c1-7-6(11)8-4(3-9)5(10)12-2/h4,9H,3H2,1-2H3,(H2,7,8,11). The molecule has 12 heavy (non-hydrogen) atoms. The molecule has 0 radical (unpaired) electrons. The summed E-state index contributed by atoms with van der Waals surface area (Å²) in [6.45, 7) is -0.486. The zero-order valence-electron chi connectivity index (χ0n) is 6.96. The molecule has 3 N–H and O–H groups in total. The lowest BCUT2D eigenvalue weighted by Gasteiger charge is -2.12. The molecule has 0 aliphatic heterocycles. The van der Waals surface area contributed by atoms with E-state index in [1.807, 2.05) is 0 Å². The molecule has 6 nitrogen and oxygen atoms in total. The van der Waals surface area contributed by atoms with Crippen LogP contribution in [-0.2, 0) is 9.53 Å². The van der Waals surface area contributed by atoms with Gasteiger partial charge in [-0.15, -0.1) is 0 Å². The second-order valence-corrected chi connectivity index (χ2v) is 1.98. The highest BCUT2D eigenvalue weighted by atomic mass is 16.5. The number of amides is 2. The van der Waals surface area contributed by atoms with Gasteiger partial charge in [-0.25, -0.2) is 9.59 Å². The average Bonchev–Trinajstić information content (AvgIpc) is 2.12. The number of esters is 1. The number of hydrogen-bond donors (Lipinski definition) is 3. The van der Waals surface area contributed by atoms with Gasteiger partial charge in [0.15, 0.2) is 6.04 Å². The van der Waals surface area contributed by atoms with Crippen LogP contribution in [0.25, 0.3) is 0 Å². The maximum atomic E-state index is 10.8. The first kappa shape index (κ1) is 10.7. The third-order valence-corrected chi connectivity index (χ3v) is 1.20. The maximum Gasteiger partial charge on any atom is 0.330 e. The van der Waals surface area contributed by atoms with Crippen LogP contribution in [0.2, 0.25) is 0 Å². The van der Waals surface area contributed by atoms with Gasteiger partial charge in [0.25, 0.3) is 0 Å². The molecule has 2 amide bonds. The molecule has 70 valence electrons. The van der Waals surface area contributed by atoms with E-state index in [0.717, 1.165) is 0 Å². The van der Waals surface area contributed by atoms with Gasteiger partial charge < -0.3 is 20.5 Å². The Balaban J connectivity index is 3.99. The Hall–Kier alpha value is -1.30. The monoisotopic (exact) mass is 176 g/mol. The highest BCUT2D eigenvalue weighted by Gasteiger charge is 2.19. The van der Waals surface area contributed by atoms with Gasteiger partial charge in [0.1, 0.15) is 0 Å². The summed E-state index contributed by atoms with van der Waals surface area (Å²) in [5, 5.41) is 13.1. The van der Waals surface area contributed by atoms with E-state index >= 15 is 0 Å². The number of carbonyl (C=O) groups is 2. The molecule has 0 spiro atoms. The lowest BCUT2D eigenvalue weighted by atomic mass is 10.3. The Morgan fingerprint density at radius 1 is 1.58 bits per heavy atom. The molecule has 0 aliphatic carbocycles. The predicted molar refractivity (Wildman–Crippen MR) is 40.5 cm³/mol. The van der Waals surface area contributed by atoms with Crippen LogP contribution >= 0.6 is 0 Å². The highest BCUT2D eigenvalue weighted by molar-refractivity contribution is 5.83. The summed E-state index contributed by atoms with van der Waals surface area (Å²) in [4.78, 5) is 21.4. The fourth-order valence-corrected chi connectivity index (χ4v) is 0.552. The van der Waals surface area contributed by atoms with Crippen LogP contribution in [0.5, 0.6) is 0 Å². The third kappa shape index (κ3) is 3.20. The normalized spacial score (nSPS) is 11.6. The quantitative estimate of drug-likeness (QED) is 0.454. The SMILES string of the molecule is CNC(=O)NC(CO)C(=O)OC. The largest absolute Gasteiger partial charge is 0.467 e. The van der Waals surface area contributed by atoms with Gasteiger partial charge in [-0.1, -0.05) is 0 Å². The fourth-order valence-electron chi connectivity index (χ4n) is 0.552. The first-order valence-corrected chi connectivity index (χ1v) is 3.32. The van der Waals surface area contributed by atoms with E-state index in [9.17, 15) is 9.59 Å². The van der Waals surface area contributed by atoms with E-state index in [1.54, 1.807) is 0 Å². The Kier molecular flexibility index (Phi) is 4.78. The van der Waals surface area contributed by atoms with Crippen molar-refractivity contribution < 1.29 is 19.4 Å². The summed E-state index contributed by atoms with van der Waals surface area (Å²) >= 11 is 0. The molecule has 0 aromatic rings. The molecule has 0 heterocycles. The molecule has 0 bridgehead atoms. The second kappa shape index (κ2) is 5.36. The molecule has 0 rings (SSSR count). The number of urea groups is 1. The number of hydrogen-bond acceptors (Lipinski definition) is 4. The molecule has 0 aromatic heterocycles. The van der Waals surface area contributed by atoms with Crippen LogP contribution in [0.1, 0.15) is 0 Å². The molecule has 0 saturated heterocycles. The molecule has 1 unspecified atom stereocenters. The summed E-state index contributed by atoms with van der Waals surface area (Å²) in [7, 11) is 2.58. The number of aliphatic hydroxyl groups is 1. The molecular weight excluding hydrogens is 164 g/mol. The molecule has 1 atom stereocenters. The fraction of sp³-hybridized carbons (Fsp3) is 0.667. The first-order chi connectivity index (χ1) is 5.65. The second-order valence-electron chi connectivity index (χ2n) is 1.98. The Morgan fingerprint density at radius 3 is 2.50 bits per heavy atom. The minimum Gasteiger partial charge on any atom is -0.467 e. The van der Waals surface area contributed by atoms with Gasteiger partial charge in [-0.3, -0.25) is 0 Å². The summed E-state index contributed by atoms with van der Waals surface area (Å²) in [6.07, 6.45) is 0. The summed E-state index contributed by atoms with van der Waals surface area (Å²) < 4.78 is 4.31. The van der Waals surface area contributed by atoms with Crippen molar-refractivity contribution >= 4 is 12.0 Å².